The summed E-state index contributed by atoms with van der Waals surface area (Å²) in [5.41, 5.74) is 3.92. The minimum Gasteiger partial charge on any atom is -0.309 e. The van der Waals surface area contributed by atoms with E-state index in [1.807, 2.05) is 19.9 Å². The number of rotatable bonds is 2. The first-order valence-electron chi connectivity index (χ1n) is 6.84. The zero-order valence-corrected chi connectivity index (χ0v) is 11.4. The smallest absolute Gasteiger partial charge is 0.126 e. The van der Waals surface area contributed by atoms with Crippen LogP contribution in [0.25, 0.3) is 11.4 Å². The molecule has 1 aliphatic rings. The van der Waals surface area contributed by atoms with Gasteiger partial charge in [-0.2, -0.15) is 5.10 Å². The van der Waals surface area contributed by atoms with Crippen molar-refractivity contribution < 1.29 is 0 Å². The Morgan fingerprint density at radius 2 is 2.00 bits per heavy atom. The number of aryl methyl sites for hydroxylation is 2. The van der Waals surface area contributed by atoms with Crippen molar-refractivity contribution in [2.24, 2.45) is 0 Å². The zero-order valence-electron chi connectivity index (χ0n) is 11.4. The van der Waals surface area contributed by atoms with E-state index in [1.165, 1.54) is 12.8 Å². The Balaban J connectivity index is 1.95. The lowest BCUT2D eigenvalue weighted by molar-refractivity contribution is 0.404. The number of nitrogens with one attached hydrogen (secondary N) is 2. The van der Waals surface area contributed by atoms with E-state index in [2.05, 4.69) is 31.5 Å². The number of H-pyrrole nitrogens is 1. The fourth-order valence-corrected chi connectivity index (χ4v) is 2.55. The summed E-state index contributed by atoms with van der Waals surface area (Å²) < 4.78 is 0. The molecular weight excluding hydrogens is 238 g/mol. The highest BCUT2D eigenvalue weighted by Gasteiger charge is 2.18. The second-order valence-electron chi connectivity index (χ2n) is 5.16. The minimum absolute atomic E-state index is 0.356. The van der Waals surface area contributed by atoms with Crippen LogP contribution in [0.5, 0.6) is 0 Å². The van der Waals surface area contributed by atoms with Gasteiger partial charge in [0.25, 0.3) is 0 Å². The summed E-state index contributed by atoms with van der Waals surface area (Å²) in [4.78, 5) is 9.07. The van der Waals surface area contributed by atoms with Crippen LogP contribution >= 0.6 is 0 Å². The summed E-state index contributed by atoms with van der Waals surface area (Å²) in [6.45, 7) is 5.01. The molecule has 3 rings (SSSR count). The van der Waals surface area contributed by atoms with Crippen LogP contribution < -0.4 is 5.32 Å². The summed E-state index contributed by atoms with van der Waals surface area (Å²) in [6.07, 6.45) is 3.67. The molecule has 0 spiro atoms. The molecule has 2 N–H and O–H groups in total. The largest absolute Gasteiger partial charge is 0.309 e. The van der Waals surface area contributed by atoms with E-state index in [4.69, 9.17) is 0 Å². The second-order valence-corrected chi connectivity index (χ2v) is 5.16. The van der Waals surface area contributed by atoms with E-state index in [9.17, 15) is 0 Å². The molecule has 0 unspecified atom stereocenters. The molecule has 0 radical (unpaired) electrons. The van der Waals surface area contributed by atoms with Crippen LogP contribution in [0.1, 0.15) is 42.5 Å². The van der Waals surface area contributed by atoms with Gasteiger partial charge in [0, 0.05) is 11.7 Å². The van der Waals surface area contributed by atoms with Gasteiger partial charge >= 0.3 is 0 Å². The summed E-state index contributed by atoms with van der Waals surface area (Å²) in [5.74, 6) is 0.806. The molecule has 5 nitrogen and oxygen atoms in total. The highest BCUT2D eigenvalue weighted by Crippen LogP contribution is 2.24. The van der Waals surface area contributed by atoms with Gasteiger partial charge in [-0.15, -0.1) is 0 Å². The van der Waals surface area contributed by atoms with Gasteiger partial charge in [0.15, 0.2) is 0 Å². The Hall–Kier alpha value is -1.75. The first kappa shape index (κ1) is 12.3. The highest BCUT2D eigenvalue weighted by atomic mass is 15.1. The average Bonchev–Trinajstić information content (AvgIpc) is 2.86. The second kappa shape index (κ2) is 5.09. The average molecular weight is 257 g/mol. The number of aromatic amines is 1. The van der Waals surface area contributed by atoms with Crippen LogP contribution in [0.15, 0.2) is 12.1 Å². The van der Waals surface area contributed by atoms with E-state index in [0.717, 1.165) is 41.6 Å². The van der Waals surface area contributed by atoms with Gasteiger partial charge in [0.1, 0.15) is 11.5 Å². The lowest BCUT2D eigenvalue weighted by atomic mass is 10.0. The Morgan fingerprint density at radius 1 is 1.11 bits per heavy atom. The van der Waals surface area contributed by atoms with Crippen molar-refractivity contribution in [1.82, 2.24) is 25.5 Å². The molecule has 1 saturated heterocycles. The lowest BCUT2D eigenvalue weighted by Crippen LogP contribution is -2.27. The highest BCUT2D eigenvalue weighted by molar-refractivity contribution is 5.54. The third-order valence-electron chi connectivity index (χ3n) is 3.49. The van der Waals surface area contributed by atoms with Crippen molar-refractivity contribution in [3.8, 4) is 11.4 Å². The normalized spacial score (nSPS) is 19.6. The molecule has 19 heavy (non-hydrogen) atoms. The van der Waals surface area contributed by atoms with Crippen molar-refractivity contribution in [3.05, 3.63) is 29.3 Å². The van der Waals surface area contributed by atoms with Gasteiger partial charge in [-0.05, 0) is 45.4 Å². The molecule has 1 aliphatic heterocycles. The molecule has 100 valence electrons. The maximum atomic E-state index is 4.58. The Labute approximate surface area is 112 Å². The number of hydrogen-bond donors (Lipinski definition) is 2. The molecule has 0 aliphatic carbocycles. The first-order chi connectivity index (χ1) is 9.22. The summed E-state index contributed by atoms with van der Waals surface area (Å²) in [6, 6.07) is 4.43. The third kappa shape index (κ3) is 2.66. The van der Waals surface area contributed by atoms with Crippen LogP contribution in [0.2, 0.25) is 0 Å². The molecule has 3 heterocycles. The molecule has 0 amide bonds. The van der Waals surface area contributed by atoms with E-state index >= 15 is 0 Å². The van der Waals surface area contributed by atoms with E-state index < -0.39 is 0 Å². The zero-order chi connectivity index (χ0) is 13.2. The summed E-state index contributed by atoms with van der Waals surface area (Å²) >= 11 is 0. The van der Waals surface area contributed by atoms with E-state index in [1.54, 1.807) is 0 Å². The quantitative estimate of drug-likeness (QED) is 0.866. The molecule has 0 bridgehead atoms. The SMILES string of the molecule is Cc1nc(-c2cc(C)[nH]n2)cc([C@@H]2CCCCN2)n1. The van der Waals surface area contributed by atoms with Crippen LogP contribution in [0, 0.1) is 13.8 Å². The molecule has 1 fully saturated rings. The van der Waals surface area contributed by atoms with Gasteiger partial charge in [-0.25, -0.2) is 9.97 Å². The van der Waals surface area contributed by atoms with E-state index in [0.29, 0.717) is 6.04 Å². The number of hydrogen-bond acceptors (Lipinski definition) is 4. The Kier molecular flexibility index (Phi) is 3.29. The third-order valence-corrected chi connectivity index (χ3v) is 3.49. The van der Waals surface area contributed by atoms with Crippen molar-refractivity contribution in [3.63, 3.8) is 0 Å². The summed E-state index contributed by atoms with van der Waals surface area (Å²) in [5, 5.41) is 10.8. The van der Waals surface area contributed by atoms with Gasteiger partial charge in [0.05, 0.1) is 11.4 Å². The molecule has 5 heteroatoms. The maximum absolute atomic E-state index is 4.58. The van der Waals surface area contributed by atoms with Crippen LogP contribution in [0.3, 0.4) is 0 Å². The molecular formula is C14H19N5. The fraction of sp³-hybridized carbons (Fsp3) is 0.500. The fourth-order valence-electron chi connectivity index (χ4n) is 2.55. The Morgan fingerprint density at radius 3 is 2.68 bits per heavy atom. The molecule has 0 aromatic carbocycles. The molecule has 2 aromatic heterocycles. The number of piperidine rings is 1. The standard InChI is InChI=1S/C14H19N5/c1-9-7-14(19-18-9)13-8-12(16-10(2)17-13)11-5-3-4-6-15-11/h7-8,11,15H,3-6H2,1-2H3,(H,18,19)/t11-/m0/s1. The van der Waals surface area contributed by atoms with E-state index in [-0.39, 0.29) is 0 Å². The molecule has 1 atom stereocenters. The van der Waals surface area contributed by atoms with Crippen LogP contribution in [-0.2, 0) is 0 Å². The van der Waals surface area contributed by atoms with Gasteiger partial charge in [-0.3, -0.25) is 5.10 Å². The summed E-state index contributed by atoms with van der Waals surface area (Å²) in [7, 11) is 0. The van der Waals surface area contributed by atoms with Crippen molar-refractivity contribution in [2.75, 3.05) is 6.54 Å². The first-order valence-corrected chi connectivity index (χ1v) is 6.84. The number of aromatic nitrogens is 4. The molecule has 0 saturated carbocycles. The van der Waals surface area contributed by atoms with Crippen LogP contribution in [-0.4, -0.2) is 26.7 Å². The predicted octanol–water partition coefficient (Wildman–Crippen LogP) is 2.30. The van der Waals surface area contributed by atoms with Crippen molar-refractivity contribution in [2.45, 2.75) is 39.2 Å². The monoisotopic (exact) mass is 257 g/mol. The van der Waals surface area contributed by atoms with Crippen molar-refractivity contribution in [1.29, 1.82) is 0 Å². The van der Waals surface area contributed by atoms with Gasteiger partial charge in [0.2, 0.25) is 0 Å². The lowest BCUT2D eigenvalue weighted by Gasteiger charge is -2.23. The number of nitrogens with zero attached hydrogens (tertiary/aromatic N) is 3. The Bertz CT molecular complexity index is 569. The van der Waals surface area contributed by atoms with Gasteiger partial charge in [-0.1, -0.05) is 6.42 Å². The molecule has 2 aromatic rings. The van der Waals surface area contributed by atoms with Gasteiger partial charge < -0.3 is 5.32 Å². The maximum Gasteiger partial charge on any atom is 0.126 e. The van der Waals surface area contributed by atoms with Crippen molar-refractivity contribution >= 4 is 0 Å². The predicted molar refractivity (Wildman–Crippen MR) is 73.7 cm³/mol. The topological polar surface area (TPSA) is 66.5 Å². The minimum atomic E-state index is 0.356. The van der Waals surface area contributed by atoms with Crippen LogP contribution in [0.4, 0.5) is 0 Å².